The van der Waals surface area contributed by atoms with E-state index in [4.69, 9.17) is 0 Å². The molecule has 6 heteroatoms. The third kappa shape index (κ3) is 4.00. The minimum Gasteiger partial charge on any atom is -0.352 e. The molecule has 2 aromatic heterocycles. The van der Waals surface area contributed by atoms with Gasteiger partial charge in [-0.2, -0.15) is 5.26 Å². The quantitative estimate of drug-likeness (QED) is 0.464. The number of halogens is 1. The lowest BCUT2D eigenvalue weighted by Gasteiger charge is -2.18. The summed E-state index contributed by atoms with van der Waals surface area (Å²) in [4.78, 5) is 17.2. The van der Waals surface area contributed by atoms with E-state index in [1.807, 2.05) is 54.6 Å². The third-order valence-electron chi connectivity index (χ3n) is 6.00. The molecule has 0 saturated heterocycles. The highest BCUT2D eigenvalue weighted by atomic mass is 19.1. The maximum absolute atomic E-state index is 13.8. The summed E-state index contributed by atoms with van der Waals surface area (Å²) in [6, 6.07) is 20.1. The monoisotopic (exact) mass is 448 g/mol. The molecule has 1 amide bonds. The van der Waals surface area contributed by atoms with E-state index in [0.717, 1.165) is 28.1 Å². The molecular weight excluding hydrogens is 427 g/mol. The van der Waals surface area contributed by atoms with Gasteiger partial charge < -0.3 is 9.88 Å². The molecule has 0 fully saturated rings. The van der Waals surface area contributed by atoms with Gasteiger partial charge in [0.05, 0.1) is 22.9 Å². The Balaban J connectivity index is 1.75. The molecule has 0 saturated carbocycles. The van der Waals surface area contributed by atoms with E-state index in [9.17, 15) is 14.4 Å². The number of rotatable bonds is 5. The van der Waals surface area contributed by atoms with Crippen LogP contribution in [0, 0.1) is 17.1 Å². The molecule has 1 aliphatic rings. The number of nitriles is 1. The smallest absolute Gasteiger partial charge is 0.253 e. The molecule has 0 radical (unpaired) electrons. The lowest BCUT2D eigenvalue weighted by molar-refractivity contribution is 0.0945. The highest BCUT2D eigenvalue weighted by Crippen LogP contribution is 2.36. The Morgan fingerprint density at radius 2 is 1.88 bits per heavy atom. The van der Waals surface area contributed by atoms with Crippen LogP contribution < -0.4 is 5.32 Å². The van der Waals surface area contributed by atoms with Crippen molar-refractivity contribution in [1.82, 2.24) is 14.9 Å². The van der Waals surface area contributed by atoms with Gasteiger partial charge in [-0.15, -0.1) is 0 Å². The van der Waals surface area contributed by atoms with Crippen LogP contribution in [0.4, 0.5) is 4.39 Å². The molecule has 166 valence electrons. The minimum atomic E-state index is -0.449. The zero-order valence-electron chi connectivity index (χ0n) is 18.3. The van der Waals surface area contributed by atoms with Gasteiger partial charge in [0.25, 0.3) is 5.91 Å². The zero-order chi connectivity index (χ0) is 23.5. The number of amides is 1. The first kappa shape index (κ1) is 21.4. The van der Waals surface area contributed by atoms with Crippen LogP contribution in [0.2, 0.25) is 0 Å². The summed E-state index contributed by atoms with van der Waals surface area (Å²) >= 11 is 0. The Hall–Kier alpha value is -4.50. The number of nitrogens with zero attached hydrogens (tertiary/aromatic N) is 3. The standard InChI is InChI=1S/C28H21FN4O/c29-23-8-7-21(22(16-23)17-30)18-33-25-12-15-32-28(34)26(25)24(9-6-19-4-2-1-3-5-19)27(33)20-10-13-31-14-11-20/h1-11,13-14,16H,12,15,18H2,(H,32,34)/b9-6+. The molecule has 1 N–H and O–H groups in total. The lowest BCUT2D eigenvalue weighted by Crippen LogP contribution is -2.32. The van der Waals surface area contributed by atoms with Crippen LogP contribution in [0.1, 0.15) is 38.3 Å². The van der Waals surface area contributed by atoms with Gasteiger partial charge in [-0.25, -0.2) is 4.39 Å². The Morgan fingerprint density at radius 1 is 1.09 bits per heavy atom. The van der Waals surface area contributed by atoms with Crippen LogP contribution in [0.3, 0.4) is 0 Å². The number of pyridine rings is 1. The van der Waals surface area contributed by atoms with E-state index in [1.165, 1.54) is 12.1 Å². The molecule has 34 heavy (non-hydrogen) atoms. The fourth-order valence-electron chi connectivity index (χ4n) is 4.45. The van der Waals surface area contributed by atoms with Gasteiger partial charge in [0.1, 0.15) is 5.82 Å². The fourth-order valence-corrected chi connectivity index (χ4v) is 4.45. The first-order valence-corrected chi connectivity index (χ1v) is 11.0. The molecule has 5 nitrogen and oxygen atoms in total. The number of hydrogen-bond donors (Lipinski definition) is 1. The van der Waals surface area contributed by atoms with E-state index in [-0.39, 0.29) is 11.5 Å². The summed E-state index contributed by atoms with van der Waals surface area (Å²) in [6.07, 6.45) is 8.05. The van der Waals surface area contributed by atoms with E-state index < -0.39 is 5.82 Å². The van der Waals surface area contributed by atoms with Crippen LogP contribution in [-0.2, 0) is 13.0 Å². The molecule has 0 aliphatic carbocycles. The number of benzene rings is 2. The van der Waals surface area contributed by atoms with Crippen molar-refractivity contribution in [2.24, 2.45) is 0 Å². The first-order valence-electron chi connectivity index (χ1n) is 11.0. The molecule has 0 atom stereocenters. The molecular formula is C28H21FN4O. The van der Waals surface area contributed by atoms with Crippen molar-refractivity contribution < 1.29 is 9.18 Å². The molecule has 0 unspecified atom stereocenters. The van der Waals surface area contributed by atoms with Crippen molar-refractivity contribution in [3.63, 3.8) is 0 Å². The average molecular weight is 449 g/mol. The number of aromatic nitrogens is 2. The Kier molecular flexibility index (Phi) is 5.75. The van der Waals surface area contributed by atoms with E-state index >= 15 is 0 Å². The number of carbonyl (C=O) groups is 1. The summed E-state index contributed by atoms with van der Waals surface area (Å²) in [6.45, 7) is 0.873. The first-order chi connectivity index (χ1) is 16.7. The maximum Gasteiger partial charge on any atom is 0.253 e. The van der Waals surface area contributed by atoms with Crippen LogP contribution >= 0.6 is 0 Å². The molecule has 2 aromatic carbocycles. The highest BCUT2D eigenvalue weighted by molar-refractivity contribution is 6.04. The van der Waals surface area contributed by atoms with Gasteiger partial charge in [-0.3, -0.25) is 9.78 Å². The van der Waals surface area contributed by atoms with Gasteiger partial charge in [-0.1, -0.05) is 48.6 Å². The Morgan fingerprint density at radius 3 is 2.65 bits per heavy atom. The van der Waals surface area contributed by atoms with Crippen molar-refractivity contribution in [3.05, 3.63) is 112 Å². The van der Waals surface area contributed by atoms with Gasteiger partial charge in [-0.05, 0) is 35.4 Å². The third-order valence-corrected chi connectivity index (χ3v) is 6.00. The van der Waals surface area contributed by atoms with E-state index in [0.29, 0.717) is 30.6 Å². The molecule has 0 spiro atoms. The topological polar surface area (TPSA) is 70.7 Å². The second-order valence-corrected chi connectivity index (χ2v) is 8.07. The molecule has 5 rings (SSSR count). The fraction of sp³-hybridized carbons (Fsp3) is 0.107. The SMILES string of the molecule is N#Cc1cc(F)ccc1Cn1c2c(c(/C=C/c3ccccc3)c1-c1ccncc1)C(=O)NCC2. The maximum atomic E-state index is 13.8. The highest BCUT2D eigenvalue weighted by Gasteiger charge is 2.29. The second kappa shape index (κ2) is 9.16. The van der Waals surface area contributed by atoms with Gasteiger partial charge in [0, 0.05) is 48.7 Å². The Bertz CT molecular complexity index is 1430. The number of hydrogen-bond acceptors (Lipinski definition) is 3. The normalized spacial score (nSPS) is 12.9. The molecule has 3 heterocycles. The van der Waals surface area contributed by atoms with E-state index in [2.05, 4.69) is 20.9 Å². The van der Waals surface area contributed by atoms with Gasteiger partial charge >= 0.3 is 0 Å². The predicted molar refractivity (Wildman–Crippen MR) is 129 cm³/mol. The summed E-state index contributed by atoms with van der Waals surface area (Å²) in [5.41, 5.74) is 6.11. The molecule has 4 aromatic rings. The van der Waals surface area contributed by atoms with Crippen molar-refractivity contribution >= 4 is 18.1 Å². The lowest BCUT2D eigenvalue weighted by atomic mass is 10.00. The minimum absolute atomic E-state index is 0.123. The summed E-state index contributed by atoms with van der Waals surface area (Å²) in [7, 11) is 0. The average Bonchev–Trinajstić information content (AvgIpc) is 3.19. The number of nitrogens with one attached hydrogen (secondary N) is 1. The largest absolute Gasteiger partial charge is 0.352 e. The van der Waals surface area contributed by atoms with Crippen LogP contribution in [0.15, 0.2) is 73.1 Å². The molecule has 1 aliphatic heterocycles. The summed E-state index contributed by atoms with van der Waals surface area (Å²) in [5.74, 6) is -0.572. The van der Waals surface area contributed by atoms with E-state index in [1.54, 1.807) is 18.5 Å². The zero-order valence-corrected chi connectivity index (χ0v) is 18.3. The van der Waals surface area contributed by atoms with Crippen LogP contribution in [0.25, 0.3) is 23.4 Å². The van der Waals surface area contributed by atoms with Crippen molar-refractivity contribution in [3.8, 4) is 17.3 Å². The Labute approximate surface area is 196 Å². The number of carbonyl (C=O) groups excluding carboxylic acids is 1. The van der Waals surface area contributed by atoms with Gasteiger partial charge in [0.15, 0.2) is 0 Å². The van der Waals surface area contributed by atoms with Crippen LogP contribution in [0.5, 0.6) is 0 Å². The summed E-state index contributed by atoms with van der Waals surface area (Å²) < 4.78 is 15.9. The van der Waals surface area contributed by atoms with Gasteiger partial charge in [0.2, 0.25) is 0 Å². The molecule has 0 bridgehead atoms. The predicted octanol–water partition coefficient (Wildman–Crippen LogP) is 5.07. The van der Waals surface area contributed by atoms with Crippen molar-refractivity contribution in [2.45, 2.75) is 13.0 Å². The van der Waals surface area contributed by atoms with Crippen molar-refractivity contribution in [2.75, 3.05) is 6.54 Å². The van der Waals surface area contributed by atoms with Crippen molar-refractivity contribution in [1.29, 1.82) is 5.26 Å². The van der Waals surface area contributed by atoms with Crippen LogP contribution in [-0.4, -0.2) is 22.0 Å². The summed E-state index contributed by atoms with van der Waals surface area (Å²) in [5, 5.41) is 12.6. The second-order valence-electron chi connectivity index (χ2n) is 8.07. The number of fused-ring (bicyclic) bond motifs is 1.